The van der Waals surface area contributed by atoms with E-state index in [9.17, 15) is 0 Å². The fourth-order valence-corrected chi connectivity index (χ4v) is 1.77. The zero-order valence-corrected chi connectivity index (χ0v) is 8.96. The van der Waals surface area contributed by atoms with E-state index in [0.29, 0.717) is 5.92 Å². The molecule has 2 heterocycles. The number of hydrogen-bond donors (Lipinski definition) is 1. The van der Waals surface area contributed by atoms with E-state index < -0.39 is 0 Å². The van der Waals surface area contributed by atoms with Crippen molar-refractivity contribution < 1.29 is 1.43 Å². The van der Waals surface area contributed by atoms with Crippen molar-refractivity contribution in [2.45, 2.75) is 33.1 Å². The van der Waals surface area contributed by atoms with E-state index in [4.69, 9.17) is 0 Å². The topological polar surface area (TPSA) is 28.7 Å². The van der Waals surface area contributed by atoms with E-state index in [0.717, 1.165) is 5.69 Å². The summed E-state index contributed by atoms with van der Waals surface area (Å²) in [6.07, 6.45) is 5.25. The van der Waals surface area contributed by atoms with Crippen LogP contribution in [-0.2, 0) is 0 Å². The lowest BCUT2D eigenvalue weighted by atomic mass is 9.99. The Bertz CT molecular complexity index is 448. The summed E-state index contributed by atoms with van der Waals surface area (Å²) < 4.78 is 0. The monoisotopic (exact) mass is 190 g/mol. The zero-order valence-electron chi connectivity index (χ0n) is 8.96. The van der Waals surface area contributed by atoms with Gasteiger partial charge in [-0.1, -0.05) is 13.8 Å². The first-order valence-electron chi connectivity index (χ1n) is 5.16. The Labute approximate surface area is 85.9 Å². The highest BCUT2D eigenvalue weighted by molar-refractivity contribution is 5.83. The van der Waals surface area contributed by atoms with E-state index in [1.165, 1.54) is 22.9 Å². The number of hydrogen-bond acceptors (Lipinski definition) is 1. The van der Waals surface area contributed by atoms with Crippen molar-refractivity contribution in [3.05, 3.63) is 29.7 Å². The minimum absolute atomic E-state index is 0. The Morgan fingerprint density at radius 2 is 2.36 bits per heavy atom. The highest BCUT2D eigenvalue weighted by Crippen LogP contribution is 2.26. The number of fused-ring (bicyclic) bond motifs is 1. The van der Waals surface area contributed by atoms with Crippen LogP contribution >= 0.6 is 0 Å². The van der Waals surface area contributed by atoms with Crippen molar-refractivity contribution in [2.24, 2.45) is 0 Å². The third kappa shape index (κ3) is 1.41. The second-order valence-corrected chi connectivity index (χ2v) is 3.92. The number of aromatic amines is 1. The zero-order chi connectivity index (χ0) is 10.1. The van der Waals surface area contributed by atoms with Crippen LogP contribution in [0.25, 0.3) is 10.9 Å². The third-order valence-electron chi connectivity index (χ3n) is 2.88. The molecule has 0 saturated heterocycles. The summed E-state index contributed by atoms with van der Waals surface area (Å²) in [4.78, 5) is 7.64. The van der Waals surface area contributed by atoms with E-state index >= 15 is 0 Å². The second-order valence-electron chi connectivity index (χ2n) is 3.92. The first-order chi connectivity index (χ1) is 6.72. The number of nitrogens with one attached hydrogen (secondary N) is 1. The van der Waals surface area contributed by atoms with Gasteiger partial charge in [0.25, 0.3) is 0 Å². The SMILES string of the molecule is CCC(C)c1c[nH]c2cc(C)ncc12.[HH]. The minimum atomic E-state index is 0. The van der Waals surface area contributed by atoms with Gasteiger partial charge in [-0.2, -0.15) is 0 Å². The van der Waals surface area contributed by atoms with Gasteiger partial charge in [-0.05, 0) is 30.9 Å². The van der Waals surface area contributed by atoms with Crippen molar-refractivity contribution in [3.63, 3.8) is 0 Å². The Morgan fingerprint density at radius 3 is 3.07 bits per heavy atom. The van der Waals surface area contributed by atoms with Crippen molar-refractivity contribution in [1.29, 1.82) is 0 Å². The van der Waals surface area contributed by atoms with Crippen molar-refractivity contribution in [3.8, 4) is 0 Å². The first-order valence-corrected chi connectivity index (χ1v) is 5.16. The number of rotatable bonds is 2. The van der Waals surface area contributed by atoms with Crippen molar-refractivity contribution in [2.75, 3.05) is 0 Å². The summed E-state index contributed by atoms with van der Waals surface area (Å²) in [5.74, 6) is 0.605. The fourth-order valence-electron chi connectivity index (χ4n) is 1.77. The van der Waals surface area contributed by atoms with Gasteiger partial charge in [-0.15, -0.1) is 0 Å². The molecule has 0 fully saturated rings. The van der Waals surface area contributed by atoms with Crippen LogP contribution in [0.4, 0.5) is 0 Å². The smallest absolute Gasteiger partial charge is 0.0490 e. The summed E-state index contributed by atoms with van der Waals surface area (Å²) >= 11 is 0. The molecule has 14 heavy (non-hydrogen) atoms. The molecule has 0 saturated carbocycles. The highest BCUT2D eigenvalue weighted by atomic mass is 14.7. The Kier molecular flexibility index (Phi) is 2.28. The van der Waals surface area contributed by atoms with Gasteiger partial charge in [-0.3, -0.25) is 4.98 Å². The molecule has 1 unspecified atom stereocenters. The number of nitrogens with zero attached hydrogens (tertiary/aromatic N) is 1. The molecule has 0 aliphatic heterocycles. The number of H-pyrrole nitrogens is 1. The van der Waals surface area contributed by atoms with Crippen LogP contribution in [0.3, 0.4) is 0 Å². The lowest BCUT2D eigenvalue weighted by Crippen LogP contribution is -1.89. The second kappa shape index (κ2) is 3.45. The molecule has 0 radical (unpaired) electrons. The lowest BCUT2D eigenvalue weighted by molar-refractivity contribution is 0.739. The van der Waals surface area contributed by atoms with Gasteiger partial charge < -0.3 is 4.98 Å². The van der Waals surface area contributed by atoms with Crippen LogP contribution in [0.1, 0.15) is 38.9 Å². The van der Waals surface area contributed by atoms with Crippen LogP contribution < -0.4 is 0 Å². The fraction of sp³-hybridized carbons (Fsp3) is 0.417. The van der Waals surface area contributed by atoms with Crippen LogP contribution in [-0.4, -0.2) is 9.97 Å². The van der Waals surface area contributed by atoms with Gasteiger partial charge in [0.05, 0.1) is 0 Å². The molecular weight excluding hydrogens is 172 g/mol. The van der Waals surface area contributed by atoms with Crippen LogP contribution in [0.15, 0.2) is 18.5 Å². The maximum absolute atomic E-state index is 4.34. The predicted octanol–water partition coefficient (Wildman–Crippen LogP) is 3.63. The van der Waals surface area contributed by atoms with Gasteiger partial charge in [0.2, 0.25) is 0 Å². The summed E-state index contributed by atoms with van der Waals surface area (Å²) in [6.45, 7) is 6.48. The van der Waals surface area contributed by atoms with Gasteiger partial charge in [0.15, 0.2) is 0 Å². The van der Waals surface area contributed by atoms with E-state index in [2.05, 4.69) is 36.1 Å². The van der Waals surface area contributed by atoms with Crippen LogP contribution in [0, 0.1) is 6.92 Å². The Hall–Kier alpha value is -1.31. The van der Waals surface area contributed by atoms with Crippen molar-refractivity contribution >= 4 is 10.9 Å². The molecule has 76 valence electrons. The molecule has 1 N–H and O–H groups in total. The molecule has 2 rings (SSSR count). The standard InChI is InChI=1S/C12H16N2.H2/c1-4-8(2)10-6-14-12-5-9(3)13-7-11(10)12;/h5-8,14H,4H2,1-3H3;1H. The maximum Gasteiger partial charge on any atom is 0.0490 e. The van der Waals surface area contributed by atoms with Gasteiger partial charge in [0.1, 0.15) is 0 Å². The Balaban J connectivity index is 0.00000112. The summed E-state index contributed by atoms with van der Waals surface area (Å²) in [6, 6.07) is 2.10. The number of aromatic nitrogens is 2. The van der Waals surface area contributed by atoms with E-state index in [-0.39, 0.29) is 1.43 Å². The van der Waals surface area contributed by atoms with Crippen molar-refractivity contribution in [1.82, 2.24) is 9.97 Å². The lowest BCUT2D eigenvalue weighted by Gasteiger charge is -2.05. The van der Waals surface area contributed by atoms with Gasteiger partial charge in [-0.25, -0.2) is 0 Å². The molecule has 0 aromatic carbocycles. The maximum atomic E-state index is 4.34. The molecule has 2 aromatic rings. The average molecular weight is 190 g/mol. The molecule has 0 aliphatic carbocycles. The first kappa shape index (κ1) is 9.25. The summed E-state index contributed by atoms with van der Waals surface area (Å²) in [5.41, 5.74) is 3.65. The highest BCUT2D eigenvalue weighted by Gasteiger charge is 2.09. The van der Waals surface area contributed by atoms with Gasteiger partial charge in [0, 0.05) is 30.4 Å². The van der Waals surface area contributed by atoms with E-state index in [1.807, 2.05) is 13.1 Å². The number of aryl methyl sites for hydroxylation is 1. The molecule has 0 aliphatic rings. The van der Waals surface area contributed by atoms with Gasteiger partial charge >= 0.3 is 0 Å². The molecule has 2 nitrogen and oxygen atoms in total. The molecule has 0 spiro atoms. The minimum Gasteiger partial charge on any atom is -0.361 e. The largest absolute Gasteiger partial charge is 0.361 e. The summed E-state index contributed by atoms with van der Waals surface area (Å²) in [7, 11) is 0. The molecule has 2 heteroatoms. The van der Waals surface area contributed by atoms with Crippen LogP contribution in [0.2, 0.25) is 0 Å². The van der Waals surface area contributed by atoms with E-state index in [1.54, 1.807) is 0 Å². The predicted molar refractivity (Wildman–Crippen MR) is 61.7 cm³/mol. The summed E-state index contributed by atoms with van der Waals surface area (Å²) in [5, 5.41) is 1.27. The quantitative estimate of drug-likeness (QED) is 0.769. The average Bonchev–Trinajstić information content (AvgIpc) is 2.59. The third-order valence-corrected chi connectivity index (χ3v) is 2.88. The molecule has 0 amide bonds. The number of pyridine rings is 1. The molecular formula is C12H18N2. The molecule has 0 bridgehead atoms. The van der Waals surface area contributed by atoms with Crippen LogP contribution in [0.5, 0.6) is 0 Å². The molecule has 1 atom stereocenters. The normalized spacial score (nSPS) is 13.4. The Morgan fingerprint density at radius 1 is 1.57 bits per heavy atom. The molecule has 2 aromatic heterocycles.